The molecule has 3 aromatic rings. The van der Waals surface area contributed by atoms with Crippen molar-refractivity contribution in [2.45, 2.75) is 6.42 Å². The molecule has 0 saturated carbocycles. The van der Waals surface area contributed by atoms with Gasteiger partial charge in [-0.15, -0.1) is 0 Å². The van der Waals surface area contributed by atoms with Crippen LogP contribution in [0.3, 0.4) is 0 Å². The molecule has 112 valence electrons. The van der Waals surface area contributed by atoms with E-state index in [0.29, 0.717) is 19.0 Å². The molecule has 0 aliphatic rings. The normalized spacial score (nSPS) is 10.6. The summed E-state index contributed by atoms with van der Waals surface area (Å²) in [5, 5.41) is 12.0. The van der Waals surface area contributed by atoms with Gasteiger partial charge in [-0.25, -0.2) is 0 Å². The first-order valence-electron chi connectivity index (χ1n) is 7.35. The van der Waals surface area contributed by atoms with Crippen molar-refractivity contribution in [1.82, 2.24) is 4.98 Å². The molecule has 3 rings (SSSR count). The number of benzene rings is 2. The van der Waals surface area contributed by atoms with E-state index in [9.17, 15) is 0 Å². The van der Waals surface area contributed by atoms with Crippen molar-refractivity contribution in [3.8, 4) is 22.6 Å². The molecule has 1 aromatic heterocycles. The van der Waals surface area contributed by atoms with Crippen molar-refractivity contribution in [2.75, 3.05) is 18.5 Å². The molecule has 0 amide bonds. The molecule has 4 nitrogen and oxygen atoms in total. The number of aliphatic hydroxyl groups is 1. The topological polar surface area (TPSA) is 58.3 Å². The van der Waals surface area contributed by atoms with Gasteiger partial charge >= 0.3 is 0 Å². The Morgan fingerprint density at radius 1 is 0.909 bits per heavy atom. The standard InChI is InChI=1S/C18H18N2O2/c21-13-7-12-19-18-20-16(14-8-3-1-4-9-14)17(22-18)15-10-5-2-6-11-15/h1-6,8-11,21H,7,12-13H2,(H,19,20). The second-order valence-corrected chi connectivity index (χ2v) is 4.93. The van der Waals surface area contributed by atoms with E-state index in [-0.39, 0.29) is 6.61 Å². The average Bonchev–Trinajstić information content (AvgIpc) is 3.01. The molecule has 4 heteroatoms. The number of oxazole rings is 1. The molecule has 1 heterocycles. The minimum atomic E-state index is 0.144. The number of rotatable bonds is 6. The highest BCUT2D eigenvalue weighted by Gasteiger charge is 2.16. The summed E-state index contributed by atoms with van der Waals surface area (Å²) in [5.74, 6) is 0.748. The SMILES string of the molecule is OCCCNc1nc(-c2ccccc2)c(-c2ccccc2)o1. The predicted octanol–water partition coefficient (Wildman–Crippen LogP) is 3.80. The summed E-state index contributed by atoms with van der Waals surface area (Å²) in [7, 11) is 0. The first-order valence-corrected chi connectivity index (χ1v) is 7.35. The van der Waals surface area contributed by atoms with Crippen LogP contribution in [0.1, 0.15) is 6.42 Å². The van der Waals surface area contributed by atoms with Crippen LogP contribution < -0.4 is 5.32 Å². The van der Waals surface area contributed by atoms with E-state index in [0.717, 1.165) is 22.6 Å². The van der Waals surface area contributed by atoms with Crippen LogP contribution >= 0.6 is 0 Å². The third kappa shape index (κ3) is 3.18. The van der Waals surface area contributed by atoms with Crippen molar-refractivity contribution in [2.24, 2.45) is 0 Å². The zero-order valence-corrected chi connectivity index (χ0v) is 12.2. The van der Waals surface area contributed by atoms with E-state index in [1.807, 2.05) is 60.7 Å². The maximum atomic E-state index is 8.87. The van der Waals surface area contributed by atoms with Gasteiger partial charge in [0.15, 0.2) is 5.76 Å². The zero-order chi connectivity index (χ0) is 15.2. The number of anilines is 1. The largest absolute Gasteiger partial charge is 0.423 e. The summed E-state index contributed by atoms with van der Waals surface area (Å²) in [4.78, 5) is 4.57. The number of aliphatic hydroxyl groups excluding tert-OH is 1. The van der Waals surface area contributed by atoms with Crippen molar-refractivity contribution >= 4 is 6.01 Å². The molecule has 22 heavy (non-hydrogen) atoms. The Hall–Kier alpha value is -2.59. The monoisotopic (exact) mass is 294 g/mol. The lowest BCUT2D eigenvalue weighted by atomic mass is 10.1. The van der Waals surface area contributed by atoms with Gasteiger partial charge in [0, 0.05) is 24.3 Å². The minimum absolute atomic E-state index is 0.144. The van der Waals surface area contributed by atoms with Crippen LogP contribution in [0.15, 0.2) is 65.1 Å². The third-order valence-corrected chi connectivity index (χ3v) is 3.32. The van der Waals surface area contributed by atoms with Crippen molar-refractivity contribution in [3.05, 3.63) is 60.7 Å². The minimum Gasteiger partial charge on any atom is -0.423 e. The maximum absolute atomic E-state index is 8.87. The van der Waals surface area contributed by atoms with Crippen molar-refractivity contribution in [1.29, 1.82) is 0 Å². The van der Waals surface area contributed by atoms with Crippen LogP contribution in [0, 0.1) is 0 Å². The van der Waals surface area contributed by atoms with Crippen molar-refractivity contribution < 1.29 is 9.52 Å². The molecule has 0 aliphatic carbocycles. The smallest absolute Gasteiger partial charge is 0.295 e. The molecule has 0 radical (unpaired) electrons. The highest BCUT2D eigenvalue weighted by molar-refractivity contribution is 5.77. The number of nitrogens with zero attached hydrogens (tertiary/aromatic N) is 1. The Kier molecular flexibility index (Phi) is 4.51. The highest BCUT2D eigenvalue weighted by atomic mass is 16.4. The Labute approximate surface area is 129 Å². The molecule has 0 aliphatic heterocycles. The van der Waals surface area contributed by atoms with Crippen LogP contribution in [-0.2, 0) is 0 Å². The van der Waals surface area contributed by atoms with Crippen LogP contribution in [0.5, 0.6) is 0 Å². The first-order chi connectivity index (χ1) is 10.9. The van der Waals surface area contributed by atoms with Gasteiger partial charge in [0.05, 0.1) is 0 Å². The zero-order valence-electron chi connectivity index (χ0n) is 12.2. The fraction of sp³-hybridized carbons (Fsp3) is 0.167. The second-order valence-electron chi connectivity index (χ2n) is 4.93. The molecular formula is C18H18N2O2. The van der Waals surface area contributed by atoms with E-state index in [4.69, 9.17) is 9.52 Å². The molecule has 0 saturated heterocycles. The average molecular weight is 294 g/mol. The fourth-order valence-electron chi connectivity index (χ4n) is 2.25. The number of nitrogens with one attached hydrogen (secondary N) is 1. The Morgan fingerprint density at radius 3 is 2.18 bits per heavy atom. The predicted molar refractivity (Wildman–Crippen MR) is 87.6 cm³/mol. The van der Waals surface area contributed by atoms with Crippen LogP contribution in [-0.4, -0.2) is 23.2 Å². The number of aromatic nitrogens is 1. The Bertz CT molecular complexity index is 651. The number of hydrogen-bond donors (Lipinski definition) is 2. The summed E-state index contributed by atoms with van der Waals surface area (Å²) >= 11 is 0. The molecule has 0 spiro atoms. The molecule has 0 unspecified atom stereocenters. The van der Waals surface area contributed by atoms with E-state index < -0.39 is 0 Å². The van der Waals surface area contributed by atoms with Gasteiger partial charge in [0.25, 0.3) is 6.01 Å². The quantitative estimate of drug-likeness (QED) is 0.679. The van der Waals surface area contributed by atoms with Gasteiger partial charge in [-0.1, -0.05) is 60.7 Å². The molecule has 0 fully saturated rings. The third-order valence-electron chi connectivity index (χ3n) is 3.32. The summed E-state index contributed by atoms with van der Waals surface area (Å²) in [6.45, 7) is 0.768. The van der Waals surface area contributed by atoms with Gasteiger partial charge < -0.3 is 14.8 Å². The van der Waals surface area contributed by atoms with Gasteiger partial charge in [-0.2, -0.15) is 4.98 Å². The highest BCUT2D eigenvalue weighted by Crippen LogP contribution is 2.34. The van der Waals surface area contributed by atoms with E-state index in [1.54, 1.807) is 0 Å². The Balaban J connectivity index is 1.99. The fourth-order valence-corrected chi connectivity index (χ4v) is 2.25. The number of hydrogen-bond acceptors (Lipinski definition) is 4. The van der Waals surface area contributed by atoms with Gasteiger partial charge in [0.2, 0.25) is 0 Å². The van der Waals surface area contributed by atoms with E-state index in [2.05, 4.69) is 10.3 Å². The van der Waals surface area contributed by atoms with Gasteiger partial charge in [-0.05, 0) is 6.42 Å². The summed E-state index contributed by atoms with van der Waals surface area (Å²) < 4.78 is 5.90. The van der Waals surface area contributed by atoms with E-state index in [1.165, 1.54) is 0 Å². The molecule has 0 bridgehead atoms. The van der Waals surface area contributed by atoms with Crippen molar-refractivity contribution in [3.63, 3.8) is 0 Å². The lowest BCUT2D eigenvalue weighted by Crippen LogP contribution is -2.03. The van der Waals surface area contributed by atoms with E-state index >= 15 is 0 Å². The van der Waals surface area contributed by atoms with Crippen LogP contribution in [0.4, 0.5) is 6.01 Å². The summed E-state index contributed by atoms with van der Waals surface area (Å²) in [6, 6.07) is 20.4. The van der Waals surface area contributed by atoms with Crippen LogP contribution in [0.25, 0.3) is 22.6 Å². The second kappa shape index (κ2) is 6.91. The summed E-state index contributed by atoms with van der Waals surface area (Å²) in [5.41, 5.74) is 2.82. The maximum Gasteiger partial charge on any atom is 0.295 e. The Morgan fingerprint density at radius 2 is 1.55 bits per heavy atom. The molecule has 0 atom stereocenters. The lowest BCUT2D eigenvalue weighted by Gasteiger charge is -2.00. The lowest BCUT2D eigenvalue weighted by molar-refractivity contribution is 0.292. The van der Waals surface area contributed by atoms with Crippen LogP contribution in [0.2, 0.25) is 0 Å². The molecule has 2 N–H and O–H groups in total. The van der Waals surface area contributed by atoms with Gasteiger partial charge in [0.1, 0.15) is 5.69 Å². The first kappa shape index (κ1) is 14.4. The molecular weight excluding hydrogens is 276 g/mol. The molecule has 2 aromatic carbocycles. The summed E-state index contributed by atoms with van der Waals surface area (Å²) in [6.07, 6.45) is 0.656. The van der Waals surface area contributed by atoms with Gasteiger partial charge in [-0.3, -0.25) is 0 Å².